The highest BCUT2D eigenvalue weighted by Crippen LogP contribution is 2.15. The second kappa shape index (κ2) is 2.27. The Morgan fingerprint density at radius 1 is 1.55 bits per heavy atom. The number of oxazole rings is 1. The normalized spacial score (nSPS) is 10.3. The fourth-order valence-electron chi connectivity index (χ4n) is 1.03. The van der Waals surface area contributed by atoms with Crippen LogP contribution >= 0.6 is 0 Å². The molecule has 0 aromatic carbocycles. The first-order chi connectivity index (χ1) is 5.38. The third-order valence-electron chi connectivity index (χ3n) is 1.60. The molecule has 0 radical (unpaired) electrons. The molecule has 3 nitrogen and oxygen atoms in total. The van der Waals surface area contributed by atoms with Gasteiger partial charge < -0.3 is 8.98 Å². The average molecular weight is 148 g/mol. The maximum atomic E-state index is 5.13. The summed E-state index contributed by atoms with van der Waals surface area (Å²) in [6.07, 6.45) is 5.17. The number of hydrogen-bond donors (Lipinski definition) is 0. The minimum Gasteiger partial charge on any atom is -0.443 e. The zero-order chi connectivity index (χ0) is 7.68. The Kier molecular flexibility index (Phi) is 1.28. The van der Waals surface area contributed by atoms with Crippen LogP contribution in [0.1, 0.15) is 0 Å². The van der Waals surface area contributed by atoms with Crippen LogP contribution in [0.3, 0.4) is 0 Å². The van der Waals surface area contributed by atoms with Crippen LogP contribution in [0.15, 0.2) is 35.2 Å². The Morgan fingerprint density at radius 2 is 2.45 bits per heavy atom. The van der Waals surface area contributed by atoms with Crippen molar-refractivity contribution in [3.8, 4) is 11.6 Å². The predicted octanol–water partition coefficient (Wildman–Crippen LogP) is 1.68. The lowest BCUT2D eigenvalue weighted by Crippen LogP contribution is -1.88. The molecule has 0 aliphatic carbocycles. The molecule has 0 fully saturated rings. The third-order valence-corrected chi connectivity index (χ3v) is 1.60. The molecule has 0 amide bonds. The van der Waals surface area contributed by atoms with Crippen LogP contribution in [0.2, 0.25) is 0 Å². The van der Waals surface area contributed by atoms with Crippen molar-refractivity contribution in [2.75, 3.05) is 0 Å². The van der Waals surface area contributed by atoms with E-state index >= 15 is 0 Å². The molecule has 0 unspecified atom stereocenters. The Morgan fingerprint density at radius 3 is 3.00 bits per heavy atom. The van der Waals surface area contributed by atoms with Gasteiger partial charge in [0.05, 0.1) is 6.20 Å². The maximum Gasteiger partial charge on any atom is 0.242 e. The van der Waals surface area contributed by atoms with E-state index in [9.17, 15) is 0 Å². The van der Waals surface area contributed by atoms with E-state index in [2.05, 4.69) is 4.98 Å². The summed E-state index contributed by atoms with van der Waals surface area (Å²) in [6, 6.07) is 3.92. The smallest absolute Gasteiger partial charge is 0.242 e. The summed E-state index contributed by atoms with van der Waals surface area (Å²) < 4.78 is 7.09. The maximum absolute atomic E-state index is 5.13. The van der Waals surface area contributed by atoms with Crippen molar-refractivity contribution in [3.05, 3.63) is 30.8 Å². The van der Waals surface area contributed by atoms with Crippen molar-refractivity contribution in [2.45, 2.75) is 0 Å². The summed E-state index contributed by atoms with van der Waals surface area (Å²) >= 11 is 0. The van der Waals surface area contributed by atoms with Crippen molar-refractivity contribution in [1.82, 2.24) is 9.55 Å². The van der Waals surface area contributed by atoms with Gasteiger partial charge in [0, 0.05) is 13.2 Å². The van der Waals surface area contributed by atoms with E-state index in [4.69, 9.17) is 4.42 Å². The lowest BCUT2D eigenvalue weighted by atomic mass is 10.4. The molecule has 0 atom stereocenters. The van der Waals surface area contributed by atoms with E-state index in [0.29, 0.717) is 5.89 Å². The van der Waals surface area contributed by atoms with Crippen LogP contribution < -0.4 is 0 Å². The molecule has 11 heavy (non-hydrogen) atoms. The number of rotatable bonds is 1. The van der Waals surface area contributed by atoms with Crippen molar-refractivity contribution < 1.29 is 4.42 Å². The third kappa shape index (κ3) is 0.941. The quantitative estimate of drug-likeness (QED) is 0.616. The molecule has 0 bridgehead atoms. The minimum atomic E-state index is 0.664. The SMILES string of the molecule is Cn1cccc1-c1ncco1. The standard InChI is InChI=1S/C8H8N2O/c1-10-5-2-3-7(10)8-9-4-6-11-8/h2-6H,1H3. The van der Waals surface area contributed by atoms with Crippen molar-refractivity contribution in [1.29, 1.82) is 0 Å². The number of aromatic nitrogens is 2. The summed E-state index contributed by atoms with van der Waals surface area (Å²) in [5, 5.41) is 0. The van der Waals surface area contributed by atoms with Crippen LogP contribution in [0.25, 0.3) is 11.6 Å². The van der Waals surface area contributed by atoms with Crippen LogP contribution in [0.4, 0.5) is 0 Å². The first-order valence-corrected chi connectivity index (χ1v) is 3.39. The molecule has 0 spiro atoms. The highest BCUT2D eigenvalue weighted by Gasteiger charge is 2.03. The van der Waals surface area contributed by atoms with E-state index in [1.165, 1.54) is 0 Å². The molecule has 0 N–H and O–H groups in total. The number of aryl methyl sites for hydroxylation is 1. The van der Waals surface area contributed by atoms with Gasteiger partial charge in [-0.15, -0.1) is 0 Å². The molecular formula is C8H8N2O. The first kappa shape index (κ1) is 6.22. The van der Waals surface area contributed by atoms with E-state index < -0.39 is 0 Å². The van der Waals surface area contributed by atoms with Gasteiger partial charge >= 0.3 is 0 Å². The molecule has 2 rings (SSSR count). The van der Waals surface area contributed by atoms with E-state index in [0.717, 1.165) is 5.69 Å². The topological polar surface area (TPSA) is 31.0 Å². The van der Waals surface area contributed by atoms with Gasteiger partial charge in [0.25, 0.3) is 0 Å². The lowest BCUT2D eigenvalue weighted by Gasteiger charge is -1.95. The van der Waals surface area contributed by atoms with E-state index in [-0.39, 0.29) is 0 Å². The highest BCUT2D eigenvalue weighted by atomic mass is 16.3. The van der Waals surface area contributed by atoms with Gasteiger partial charge in [-0.2, -0.15) is 0 Å². The Hall–Kier alpha value is -1.51. The lowest BCUT2D eigenvalue weighted by molar-refractivity contribution is 0.568. The van der Waals surface area contributed by atoms with E-state index in [1.54, 1.807) is 12.5 Å². The van der Waals surface area contributed by atoms with Crippen molar-refractivity contribution in [3.63, 3.8) is 0 Å². The van der Waals surface area contributed by atoms with Gasteiger partial charge in [0.2, 0.25) is 5.89 Å². The summed E-state index contributed by atoms with van der Waals surface area (Å²) in [4.78, 5) is 4.03. The second-order valence-corrected chi connectivity index (χ2v) is 2.34. The fourth-order valence-corrected chi connectivity index (χ4v) is 1.03. The Bertz CT molecular complexity index is 335. The number of hydrogen-bond acceptors (Lipinski definition) is 2. The van der Waals surface area contributed by atoms with Crippen LogP contribution in [0.5, 0.6) is 0 Å². The molecule has 2 aromatic rings. The molecule has 0 aliphatic heterocycles. The minimum absolute atomic E-state index is 0.664. The highest BCUT2D eigenvalue weighted by molar-refractivity contribution is 5.47. The van der Waals surface area contributed by atoms with Gasteiger partial charge in [-0.05, 0) is 12.1 Å². The average Bonchev–Trinajstić information content (AvgIpc) is 2.55. The summed E-state index contributed by atoms with van der Waals surface area (Å²) in [5.41, 5.74) is 0.995. The first-order valence-electron chi connectivity index (χ1n) is 3.39. The van der Waals surface area contributed by atoms with Crippen molar-refractivity contribution >= 4 is 0 Å². The Labute approximate surface area is 64.3 Å². The van der Waals surface area contributed by atoms with Gasteiger partial charge in [-0.1, -0.05) is 0 Å². The fraction of sp³-hybridized carbons (Fsp3) is 0.125. The predicted molar refractivity (Wildman–Crippen MR) is 40.9 cm³/mol. The van der Waals surface area contributed by atoms with Crippen molar-refractivity contribution in [2.24, 2.45) is 7.05 Å². The zero-order valence-electron chi connectivity index (χ0n) is 6.19. The molecule has 0 aliphatic rings. The van der Waals surface area contributed by atoms with Crippen LogP contribution in [-0.4, -0.2) is 9.55 Å². The molecule has 2 heterocycles. The molecule has 2 aromatic heterocycles. The summed E-state index contributed by atoms with van der Waals surface area (Å²) in [5.74, 6) is 0.664. The summed E-state index contributed by atoms with van der Waals surface area (Å²) in [7, 11) is 1.96. The molecule has 56 valence electrons. The monoisotopic (exact) mass is 148 g/mol. The van der Waals surface area contributed by atoms with Gasteiger partial charge in [0.1, 0.15) is 12.0 Å². The molecule has 0 saturated carbocycles. The second-order valence-electron chi connectivity index (χ2n) is 2.34. The molecule has 3 heteroatoms. The molecule has 0 saturated heterocycles. The van der Waals surface area contributed by atoms with Gasteiger partial charge in [-0.3, -0.25) is 0 Å². The Balaban J connectivity index is 2.53. The van der Waals surface area contributed by atoms with Crippen LogP contribution in [-0.2, 0) is 7.05 Å². The largest absolute Gasteiger partial charge is 0.443 e. The summed E-state index contributed by atoms with van der Waals surface area (Å²) in [6.45, 7) is 0. The van der Waals surface area contributed by atoms with E-state index in [1.807, 2.05) is 29.9 Å². The number of nitrogens with zero attached hydrogens (tertiary/aromatic N) is 2. The van der Waals surface area contributed by atoms with Crippen LogP contribution in [0, 0.1) is 0 Å². The van der Waals surface area contributed by atoms with Gasteiger partial charge in [-0.25, -0.2) is 4.98 Å². The zero-order valence-corrected chi connectivity index (χ0v) is 6.19. The molecular weight excluding hydrogens is 140 g/mol. The van der Waals surface area contributed by atoms with Gasteiger partial charge in [0.15, 0.2) is 0 Å².